The summed E-state index contributed by atoms with van der Waals surface area (Å²) in [6.07, 6.45) is 5.10. The molecule has 0 radical (unpaired) electrons. The van der Waals surface area contributed by atoms with Gasteiger partial charge in [-0.15, -0.1) is 6.42 Å². The standard InChI is InChI=1S/C16H22N2O2/c1-5-10-17-16(19)14(4)18-13(3)11-20-15-8-6-12(2)7-9-15/h1,6-9,13-14,18H,10-11H2,2-4H3,(H,17,19). The molecular formula is C16H22N2O2. The Morgan fingerprint density at radius 2 is 2.00 bits per heavy atom. The van der Waals surface area contributed by atoms with E-state index in [-0.39, 0.29) is 24.5 Å². The number of rotatable bonds is 7. The van der Waals surface area contributed by atoms with Crippen molar-refractivity contribution in [1.82, 2.24) is 10.6 Å². The highest BCUT2D eigenvalue weighted by Gasteiger charge is 2.14. The van der Waals surface area contributed by atoms with Crippen molar-refractivity contribution in [3.8, 4) is 18.1 Å². The van der Waals surface area contributed by atoms with Crippen LogP contribution in [0.15, 0.2) is 24.3 Å². The van der Waals surface area contributed by atoms with Gasteiger partial charge in [0.15, 0.2) is 0 Å². The molecule has 0 fully saturated rings. The number of aryl methyl sites for hydroxylation is 1. The summed E-state index contributed by atoms with van der Waals surface area (Å²) >= 11 is 0. The van der Waals surface area contributed by atoms with Crippen LogP contribution in [-0.2, 0) is 4.79 Å². The fourth-order valence-electron chi connectivity index (χ4n) is 1.70. The fourth-order valence-corrected chi connectivity index (χ4v) is 1.70. The molecule has 0 bridgehead atoms. The summed E-state index contributed by atoms with van der Waals surface area (Å²) in [6.45, 7) is 6.55. The Labute approximate surface area is 120 Å². The van der Waals surface area contributed by atoms with E-state index in [2.05, 4.69) is 16.6 Å². The Balaban J connectivity index is 2.32. The second-order valence-corrected chi connectivity index (χ2v) is 4.84. The Bertz CT molecular complexity index is 462. The zero-order valence-corrected chi connectivity index (χ0v) is 12.3. The quantitative estimate of drug-likeness (QED) is 0.741. The normalized spacial score (nSPS) is 13.1. The van der Waals surface area contributed by atoms with Gasteiger partial charge in [0.05, 0.1) is 12.6 Å². The predicted octanol–water partition coefficient (Wildman–Crippen LogP) is 1.49. The zero-order chi connectivity index (χ0) is 15.0. The minimum atomic E-state index is -0.306. The lowest BCUT2D eigenvalue weighted by atomic mass is 10.2. The maximum atomic E-state index is 11.6. The van der Waals surface area contributed by atoms with Crippen LogP contribution in [0.5, 0.6) is 5.75 Å². The van der Waals surface area contributed by atoms with Crippen molar-refractivity contribution in [3.05, 3.63) is 29.8 Å². The van der Waals surface area contributed by atoms with Crippen molar-refractivity contribution in [1.29, 1.82) is 0 Å². The van der Waals surface area contributed by atoms with Gasteiger partial charge < -0.3 is 15.4 Å². The molecule has 1 rings (SSSR count). The molecule has 0 heterocycles. The van der Waals surface area contributed by atoms with E-state index < -0.39 is 0 Å². The number of hydrogen-bond donors (Lipinski definition) is 2. The average Bonchev–Trinajstić information content (AvgIpc) is 2.44. The summed E-state index contributed by atoms with van der Waals surface area (Å²) in [5.41, 5.74) is 1.20. The van der Waals surface area contributed by atoms with Crippen LogP contribution in [0.3, 0.4) is 0 Å². The molecule has 0 saturated carbocycles. The number of carbonyl (C=O) groups is 1. The Morgan fingerprint density at radius 1 is 1.35 bits per heavy atom. The molecule has 4 nitrogen and oxygen atoms in total. The highest BCUT2D eigenvalue weighted by Crippen LogP contribution is 2.11. The third-order valence-electron chi connectivity index (χ3n) is 2.81. The van der Waals surface area contributed by atoms with Gasteiger partial charge in [-0.1, -0.05) is 23.6 Å². The molecule has 1 aromatic rings. The minimum absolute atomic E-state index is 0.0582. The van der Waals surface area contributed by atoms with E-state index in [4.69, 9.17) is 11.2 Å². The van der Waals surface area contributed by atoms with Crippen molar-refractivity contribution in [2.75, 3.05) is 13.2 Å². The summed E-state index contributed by atoms with van der Waals surface area (Å²) in [5.74, 6) is 3.09. The van der Waals surface area contributed by atoms with Crippen LogP contribution >= 0.6 is 0 Å². The van der Waals surface area contributed by atoms with E-state index in [0.29, 0.717) is 6.61 Å². The minimum Gasteiger partial charge on any atom is -0.492 e. The van der Waals surface area contributed by atoms with E-state index in [1.54, 1.807) is 6.92 Å². The van der Waals surface area contributed by atoms with Gasteiger partial charge >= 0.3 is 0 Å². The van der Waals surface area contributed by atoms with Gasteiger partial charge in [0.25, 0.3) is 0 Å². The van der Waals surface area contributed by atoms with Gasteiger partial charge in [0.2, 0.25) is 5.91 Å². The largest absolute Gasteiger partial charge is 0.492 e. The molecule has 1 amide bonds. The molecule has 20 heavy (non-hydrogen) atoms. The lowest BCUT2D eigenvalue weighted by molar-refractivity contribution is -0.122. The zero-order valence-electron chi connectivity index (χ0n) is 12.3. The number of ether oxygens (including phenoxy) is 1. The molecule has 0 aliphatic heterocycles. The van der Waals surface area contributed by atoms with E-state index >= 15 is 0 Å². The van der Waals surface area contributed by atoms with E-state index in [1.165, 1.54) is 5.56 Å². The van der Waals surface area contributed by atoms with E-state index in [0.717, 1.165) is 5.75 Å². The van der Waals surface area contributed by atoms with E-state index in [9.17, 15) is 4.79 Å². The first-order chi connectivity index (χ1) is 9.52. The van der Waals surface area contributed by atoms with Gasteiger partial charge in [0.1, 0.15) is 12.4 Å². The Kier molecular flexibility index (Phi) is 6.61. The van der Waals surface area contributed by atoms with Crippen LogP contribution in [0.4, 0.5) is 0 Å². The molecule has 0 aromatic heterocycles. The second kappa shape index (κ2) is 8.23. The number of terminal acetylenes is 1. The molecule has 108 valence electrons. The molecule has 0 spiro atoms. The topological polar surface area (TPSA) is 50.4 Å². The SMILES string of the molecule is C#CCNC(=O)C(C)NC(C)COc1ccc(C)cc1. The summed E-state index contributed by atoms with van der Waals surface area (Å²) < 4.78 is 5.66. The first-order valence-corrected chi connectivity index (χ1v) is 6.69. The number of hydrogen-bond acceptors (Lipinski definition) is 3. The highest BCUT2D eigenvalue weighted by molar-refractivity contribution is 5.81. The molecule has 2 N–H and O–H groups in total. The van der Waals surface area contributed by atoms with Crippen LogP contribution < -0.4 is 15.4 Å². The number of carbonyl (C=O) groups excluding carboxylic acids is 1. The van der Waals surface area contributed by atoms with Gasteiger partial charge in [0, 0.05) is 6.04 Å². The lowest BCUT2D eigenvalue weighted by Gasteiger charge is -2.19. The molecule has 0 saturated heterocycles. The molecular weight excluding hydrogens is 252 g/mol. The fraction of sp³-hybridized carbons (Fsp3) is 0.438. The summed E-state index contributed by atoms with van der Waals surface area (Å²) in [7, 11) is 0. The summed E-state index contributed by atoms with van der Waals surface area (Å²) in [6, 6.07) is 7.63. The van der Waals surface area contributed by atoms with Gasteiger partial charge in [-0.05, 0) is 32.9 Å². The molecule has 4 heteroatoms. The van der Waals surface area contributed by atoms with Crippen molar-refractivity contribution >= 4 is 5.91 Å². The first-order valence-electron chi connectivity index (χ1n) is 6.69. The molecule has 2 atom stereocenters. The van der Waals surface area contributed by atoms with Gasteiger partial charge in [-0.2, -0.15) is 0 Å². The average molecular weight is 274 g/mol. The lowest BCUT2D eigenvalue weighted by Crippen LogP contribution is -2.47. The smallest absolute Gasteiger partial charge is 0.237 e. The molecule has 0 aliphatic carbocycles. The number of amides is 1. The van der Waals surface area contributed by atoms with E-state index in [1.807, 2.05) is 38.1 Å². The monoisotopic (exact) mass is 274 g/mol. The third-order valence-corrected chi connectivity index (χ3v) is 2.81. The van der Waals surface area contributed by atoms with Crippen LogP contribution in [-0.4, -0.2) is 31.1 Å². The molecule has 2 unspecified atom stereocenters. The third kappa shape index (κ3) is 5.77. The first kappa shape index (κ1) is 16.1. The molecule has 1 aromatic carbocycles. The second-order valence-electron chi connectivity index (χ2n) is 4.84. The van der Waals surface area contributed by atoms with Crippen LogP contribution in [0.1, 0.15) is 19.4 Å². The van der Waals surface area contributed by atoms with Crippen LogP contribution in [0.25, 0.3) is 0 Å². The number of benzene rings is 1. The number of nitrogens with one attached hydrogen (secondary N) is 2. The van der Waals surface area contributed by atoms with Crippen molar-refractivity contribution < 1.29 is 9.53 Å². The van der Waals surface area contributed by atoms with Crippen LogP contribution in [0.2, 0.25) is 0 Å². The predicted molar refractivity (Wildman–Crippen MR) is 80.6 cm³/mol. The maximum Gasteiger partial charge on any atom is 0.237 e. The Hall–Kier alpha value is -1.99. The van der Waals surface area contributed by atoms with Gasteiger partial charge in [-0.3, -0.25) is 4.79 Å². The summed E-state index contributed by atoms with van der Waals surface area (Å²) in [5, 5.41) is 5.80. The molecule has 0 aliphatic rings. The highest BCUT2D eigenvalue weighted by atomic mass is 16.5. The maximum absolute atomic E-state index is 11.6. The summed E-state index contributed by atoms with van der Waals surface area (Å²) in [4.78, 5) is 11.6. The van der Waals surface area contributed by atoms with Crippen molar-refractivity contribution in [3.63, 3.8) is 0 Å². The van der Waals surface area contributed by atoms with Crippen molar-refractivity contribution in [2.45, 2.75) is 32.9 Å². The van der Waals surface area contributed by atoms with Crippen molar-refractivity contribution in [2.24, 2.45) is 0 Å². The van der Waals surface area contributed by atoms with Crippen LogP contribution in [0, 0.1) is 19.3 Å². The Morgan fingerprint density at radius 3 is 2.60 bits per heavy atom. The van der Waals surface area contributed by atoms with Gasteiger partial charge in [-0.25, -0.2) is 0 Å².